The summed E-state index contributed by atoms with van der Waals surface area (Å²) in [6, 6.07) is 0. The zero-order valence-corrected chi connectivity index (χ0v) is 14.9. The lowest BCUT2D eigenvalue weighted by Crippen LogP contribution is -2.28. The van der Waals surface area contributed by atoms with Crippen LogP contribution in [0.1, 0.15) is 0 Å². The Morgan fingerprint density at radius 2 is 0.500 bits per heavy atom. The van der Waals surface area contributed by atoms with Gasteiger partial charge in [0.1, 0.15) is 0 Å². The maximum absolute atomic E-state index is 5.52. The van der Waals surface area contributed by atoms with Crippen LogP contribution in [0.25, 0.3) is 0 Å². The summed E-state index contributed by atoms with van der Waals surface area (Å²) in [7, 11) is 0. The van der Waals surface area contributed by atoms with Crippen molar-refractivity contribution < 1.29 is 23.7 Å². The van der Waals surface area contributed by atoms with Crippen LogP contribution >= 0.6 is 0 Å². The lowest BCUT2D eigenvalue weighted by Gasteiger charge is -2.10. The lowest BCUT2D eigenvalue weighted by atomic mass is 10.5. The fourth-order valence-corrected chi connectivity index (χ4v) is 1.99. The Bertz CT molecular complexity index is 140. The highest BCUT2D eigenvalue weighted by molar-refractivity contribution is 4.49. The second-order valence-corrected chi connectivity index (χ2v) is 5.31. The number of ether oxygens (including phenoxy) is 5. The average molecular weight is 349 g/mol. The van der Waals surface area contributed by atoms with E-state index in [1.54, 1.807) is 0 Å². The van der Waals surface area contributed by atoms with Gasteiger partial charge in [-0.2, -0.15) is 0 Å². The van der Waals surface area contributed by atoms with Gasteiger partial charge in [-0.1, -0.05) is 0 Å². The van der Waals surface area contributed by atoms with Crippen LogP contribution in [-0.2, 0) is 23.7 Å². The maximum Gasteiger partial charge on any atom is 0.0701 e. The molecular formula is C16H35N3O5. The highest BCUT2D eigenvalue weighted by Crippen LogP contribution is 1.82. The Balaban J connectivity index is 2.00. The van der Waals surface area contributed by atoms with E-state index in [2.05, 4.69) is 16.0 Å². The first-order chi connectivity index (χ1) is 12.0. The first-order valence-electron chi connectivity index (χ1n) is 9.01. The molecule has 0 unspecified atom stereocenters. The van der Waals surface area contributed by atoms with E-state index in [9.17, 15) is 0 Å². The molecule has 1 heterocycles. The minimum absolute atomic E-state index is 0.606. The first-order valence-corrected chi connectivity index (χ1v) is 9.01. The van der Waals surface area contributed by atoms with Crippen molar-refractivity contribution in [3.8, 4) is 0 Å². The predicted octanol–water partition coefficient (Wildman–Crippen LogP) is -1.15. The molecule has 24 heavy (non-hydrogen) atoms. The molecule has 0 atom stereocenters. The summed E-state index contributed by atoms with van der Waals surface area (Å²) in [5.41, 5.74) is 0. The predicted molar refractivity (Wildman–Crippen MR) is 92.7 cm³/mol. The minimum atomic E-state index is 0.606. The molecule has 1 saturated heterocycles. The molecule has 0 aromatic heterocycles. The number of rotatable bonds is 0. The van der Waals surface area contributed by atoms with Crippen LogP contribution in [0.4, 0.5) is 0 Å². The molecule has 0 aromatic carbocycles. The maximum atomic E-state index is 5.52. The molecular weight excluding hydrogens is 314 g/mol. The number of nitrogens with one attached hydrogen (secondary N) is 3. The van der Waals surface area contributed by atoms with Gasteiger partial charge >= 0.3 is 0 Å². The molecule has 0 radical (unpaired) electrons. The van der Waals surface area contributed by atoms with Crippen LogP contribution in [0.2, 0.25) is 0 Å². The van der Waals surface area contributed by atoms with Crippen molar-refractivity contribution in [2.75, 3.05) is 105 Å². The third-order valence-corrected chi connectivity index (χ3v) is 3.28. The second kappa shape index (κ2) is 19.0. The van der Waals surface area contributed by atoms with E-state index in [4.69, 9.17) is 23.7 Å². The molecule has 0 spiro atoms. The SMILES string of the molecule is C1COCCNCCOCCOCCOCCNCCOCCN1. The van der Waals surface area contributed by atoms with E-state index in [0.29, 0.717) is 52.9 Å². The molecule has 0 amide bonds. The van der Waals surface area contributed by atoms with Crippen LogP contribution in [-0.4, -0.2) is 105 Å². The Morgan fingerprint density at radius 1 is 0.292 bits per heavy atom. The average Bonchev–Trinajstić information content (AvgIpc) is 2.59. The van der Waals surface area contributed by atoms with Crippen molar-refractivity contribution in [1.82, 2.24) is 16.0 Å². The molecule has 1 rings (SSSR count). The largest absolute Gasteiger partial charge is 0.379 e. The highest BCUT2D eigenvalue weighted by atomic mass is 16.5. The zero-order valence-electron chi connectivity index (χ0n) is 14.9. The summed E-state index contributed by atoms with van der Waals surface area (Å²) >= 11 is 0. The minimum Gasteiger partial charge on any atom is -0.379 e. The van der Waals surface area contributed by atoms with Crippen molar-refractivity contribution in [3.05, 3.63) is 0 Å². The molecule has 8 nitrogen and oxygen atoms in total. The fraction of sp³-hybridized carbons (Fsp3) is 1.00. The van der Waals surface area contributed by atoms with Gasteiger partial charge in [-0.3, -0.25) is 0 Å². The Labute approximate surface area is 145 Å². The molecule has 1 fully saturated rings. The summed E-state index contributed by atoms with van der Waals surface area (Å²) in [5, 5.41) is 9.85. The number of hydrogen-bond acceptors (Lipinski definition) is 8. The quantitative estimate of drug-likeness (QED) is 0.506. The van der Waals surface area contributed by atoms with Crippen LogP contribution in [0.15, 0.2) is 0 Å². The Hall–Kier alpha value is -0.320. The fourth-order valence-electron chi connectivity index (χ4n) is 1.99. The van der Waals surface area contributed by atoms with E-state index in [1.165, 1.54) is 0 Å². The summed E-state index contributed by atoms with van der Waals surface area (Å²) < 4.78 is 27.4. The molecule has 1 aliphatic rings. The van der Waals surface area contributed by atoms with Crippen LogP contribution in [0.3, 0.4) is 0 Å². The third-order valence-electron chi connectivity index (χ3n) is 3.28. The van der Waals surface area contributed by atoms with E-state index in [-0.39, 0.29) is 0 Å². The monoisotopic (exact) mass is 349 g/mol. The van der Waals surface area contributed by atoms with Gasteiger partial charge in [-0.05, 0) is 0 Å². The molecule has 3 N–H and O–H groups in total. The molecule has 0 bridgehead atoms. The van der Waals surface area contributed by atoms with Gasteiger partial charge in [0.15, 0.2) is 0 Å². The van der Waals surface area contributed by atoms with Crippen LogP contribution in [0, 0.1) is 0 Å². The Morgan fingerprint density at radius 3 is 0.792 bits per heavy atom. The Kier molecular flexibility index (Phi) is 17.2. The van der Waals surface area contributed by atoms with Gasteiger partial charge in [0, 0.05) is 39.3 Å². The normalized spacial score (nSPS) is 24.0. The molecule has 1 aliphatic heterocycles. The van der Waals surface area contributed by atoms with Crippen molar-refractivity contribution >= 4 is 0 Å². The van der Waals surface area contributed by atoms with Gasteiger partial charge in [0.05, 0.1) is 66.1 Å². The van der Waals surface area contributed by atoms with Gasteiger partial charge in [-0.15, -0.1) is 0 Å². The molecule has 0 aliphatic carbocycles. The lowest BCUT2D eigenvalue weighted by molar-refractivity contribution is 0.0153. The third kappa shape index (κ3) is 16.5. The standard InChI is InChI=1S/C16H35N3O5/c1-7-20-9-3-18-5-11-22-13-15-24-16-14-23-12-6-19-4-10-21-8-2-17-1/h17-19H,1-16H2. The van der Waals surface area contributed by atoms with Gasteiger partial charge < -0.3 is 39.6 Å². The molecule has 8 heteroatoms. The molecule has 144 valence electrons. The molecule has 0 aromatic rings. The van der Waals surface area contributed by atoms with Crippen molar-refractivity contribution in [1.29, 1.82) is 0 Å². The second-order valence-electron chi connectivity index (χ2n) is 5.31. The van der Waals surface area contributed by atoms with Gasteiger partial charge in [0.2, 0.25) is 0 Å². The molecule has 0 saturated carbocycles. The van der Waals surface area contributed by atoms with Crippen molar-refractivity contribution in [2.45, 2.75) is 0 Å². The van der Waals surface area contributed by atoms with E-state index >= 15 is 0 Å². The van der Waals surface area contributed by atoms with E-state index in [1.807, 2.05) is 0 Å². The summed E-state index contributed by atoms with van der Waals surface area (Å²) in [6.45, 7) is 11.7. The highest BCUT2D eigenvalue weighted by Gasteiger charge is 1.95. The smallest absolute Gasteiger partial charge is 0.0701 e. The first kappa shape index (κ1) is 21.7. The summed E-state index contributed by atoms with van der Waals surface area (Å²) in [5.74, 6) is 0. The van der Waals surface area contributed by atoms with Gasteiger partial charge in [0.25, 0.3) is 0 Å². The van der Waals surface area contributed by atoms with Crippen molar-refractivity contribution in [3.63, 3.8) is 0 Å². The van der Waals surface area contributed by atoms with Crippen LogP contribution < -0.4 is 16.0 Å². The van der Waals surface area contributed by atoms with Gasteiger partial charge in [-0.25, -0.2) is 0 Å². The zero-order chi connectivity index (χ0) is 17.0. The van der Waals surface area contributed by atoms with Crippen LogP contribution in [0.5, 0.6) is 0 Å². The number of hydrogen-bond donors (Lipinski definition) is 3. The topological polar surface area (TPSA) is 82.2 Å². The van der Waals surface area contributed by atoms with E-state index in [0.717, 1.165) is 52.5 Å². The summed E-state index contributed by atoms with van der Waals surface area (Å²) in [4.78, 5) is 0. The van der Waals surface area contributed by atoms with E-state index < -0.39 is 0 Å². The van der Waals surface area contributed by atoms with Crippen molar-refractivity contribution in [2.24, 2.45) is 0 Å². The summed E-state index contributed by atoms with van der Waals surface area (Å²) in [6.07, 6.45) is 0.